The van der Waals surface area contributed by atoms with Crippen molar-refractivity contribution in [3.63, 3.8) is 0 Å². The fourth-order valence-corrected chi connectivity index (χ4v) is 1.79. The van der Waals surface area contributed by atoms with Crippen molar-refractivity contribution >= 4 is 23.8 Å². The molecule has 0 aliphatic carbocycles. The summed E-state index contributed by atoms with van der Waals surface area (Å²) >= 11 is 5.85. The summed E-state index contributed by atoms with van der Waals surface area (Å²) in [6, 6.07) is 18.1. The summed E-state index contributed by atoms with van der Waals surface area (Å²) in [5.74, 6) is 0. The minimum atomic E-state index is 0.767. The third-order valence-electron chi connectivity index (χ3n) is 2.60. The van der Waals surface area contributed by atoms with E-state index in [9.17, 15) is 0 Å². The van der Waals surface area contributed by atoms with Gasteiger partial charge in [0, 0.05) is 5.02 Å². The van der Waals surface area contributed by atoms with E-state index in [0.29, 0.717) is 0 Å². The van der Waals surface area contributed by atoms with E-state index < -0.39 is 0 Å². The van der Waals surface area contributed by atoms with Gasteiger partial charge in [-0.1, -0.05) is 77.9 Å². The van der Waals surface area contributed by atoms with Crippen LogP contribution in [-0.2, 0) is 0 Å². The molecule has 1 heteroatoms. The molecule has 0 fully saturated rings. The second-order valence-corrected chi connectivity index (χ2v) is 4.62. The van der Waals surface area contributed by atoms with Crippen molar-refractivity contribution in [2.75, 3.05) is 0 Å². The van der Waals surface area contributed by atoms with Crippen LogP contribution in [0.5, 0.6) is 0 Å². The molecule has 0 amide bonds. The van der Waals surface area contributed by atoms with Gasteiger partial charge in [-0.3, -0.25) is 0 Å². The molecule has 2 aromatic rings. The Morgan fingerprint density at radius 3 is 2.22 bits per heavy atom. The minimum Gasteiger partial charge on any atom is -0.0843 e. The predicted octanol–water partition coefficient (Wildman–Crippen LogP) is 5.46. The quantitative estimate of drug-likeness (QED) is 0.639. The summed E-state index contributed by atoms with van der Waals surface area (Å²) in [6.45, 7) is 2.10. The van der Waals surface area contributed by atoms with Crippen LogP contribution >= 0.6 is 11.6 Å². The van der Waals surface area contributed by atoms with E-state index in [1.165, 1.54) is 11.1 Å². The SMILES string of the molecule is CC(/C=C/c1ccc(Cl)cc1)=C\c1ccccc1. The van der Waals surface area contributed by atoms with Crippen molar-refractivity contribution < 1.29 is 0 Å². The first-order chi connectivity index (χ1) is 8.74. The maximum Gasteiger partial charge on any atom is 0.0406 e. The first-order valence-corrected chi connectivity index (χ1v) is 6.29. The lowest BCUT2D eigenvalue weighted by atomic mass is 10.1. The van der Waals surface area contributed by atoms with E-state index in [-0.39, 0.29) is 0 Å². The van der Waals surface area contributed by atoms with Crippen LogP contribution in [0.15, 0.2) is 66.2 Å². The average molecular weight is 255 g/mol. The first-order valence-electron chi connectivity index (χ1n) is 5.91. The normalized spacial score (nSPS) is 12.0. The molecular weight excluding hydrogens is 240 g/mol. The standard InChI is InChI=1S/C17H15Cl/c1-14(13-16-5-3-2-4-6-16)7-8-15-9-11-17(18)12-10-15/h2-13H,1H3/b8-7+,14-13+. The fraction of sp³-hybridized carbons (Fsp3) is 0.0588. The van der Waals surface area contributed by atoms with Crippen molar-refractivity contribution in [1.29, 1.82) is 0 Å². The van der Waals surface area contributed by atoms with Crippen LogP contribution < -0.4 is 0 Å². The Labute approximate surface area is 113 Å². The molecule has 0 saturated carbocycles. The van der Waals surface area contributed by atoms with Crippen LogP contribution in [0.1, 0.15) is 18.1 Å². The molecule has 90 valence electrons. The Balaban J connectivity index is 2.09. The molecule has 18 heavy (non-hydrogen) atoms. The zero-order chi connectivity index (χ0) is 12.8. The van der Waals surface area contributed by atoms with Gasteiger partial charge < -0.3 is 0 Å². The predicted molar refractivity (Wildman–Crippen MR) is 80.6 cm³/mol. The topological polar surface area (TPSA) is 0 Å². The molecule has 2 rings (SSSR count). The number of hydrogen-bond acceptors (Lipinski definition) is 0. The third-order valence-corrected chi connectivity index (χ3v) is 2.85. The van der Waals surface area contributed by atoms with Gasteiger partial charge in [-0.05, 0) is 30.2 Å². The largest absolute Gasteiger partial charge is 0.0843 e. The second kappa shape index (κ2) is 6.23. The van der Waals surface area contributed by atoms with Crippen LogP contribution in [0, 0.1) is 0 Å². The van der Waals surface area contributed by atoms with Crippen molar-refractivity contribution in [1.82, 2.24) is 0 Å². The number of halogens is 1. The van der Waals surface area contributed by atoms with E-state index in [1.807, 2.05) is 42.5 Å². The molecule has 0 N–H and O–H groups in total. The van der Waals surface area contributed by atoms with Gasteiger partial charge in [-0.25, -0.2) is 0 Å². The molecule has 0 bridgehead atoms. The zero-order valence-corrected chi connectivity index (χ0v) is 11.1. The van der Waals surface area contributed by atoms with Crippen LogP contribution in [0.2, 0.25) is 5.02 Å². The molecule has 2 aromatic carbocycles. The van der Waals surface area contributed by atoms with Gasteiger partial charge in [0.25, 0.3) is 0 Å². The Bertz CT molecular complexity index is 548. The second-order valence-electron chi connectivity index (χ2n) is 4.18. The molecule has 0 unspecified atom stereocenters. The Kier molecular flexibility index (Phi) is 4.38. The van der Waals surface area contributed by atoms with Gasteiger partial charge in [0.15, 0.2) is 0 Å². The molecule has 0 aromatic heterocycles. The van der Waals surface area contributed by atoms with Crippen molar-refractivity contribution in [2.45, 2.75) is 6.92 Å². The third kappa shape index (κ3) is 3.90. The van der Waals surface area contributed by atoms with Crippen LogP contribution in [0.3, 0.4) is 0 Å². The monoisotopic (exact) mass is 254 g/mol. The molecule has 0 radical (unpaired) electrons. The lowest BCUT2D eigenvalue weighted by molar-refractivity contribution is 1.55. The summed E-state index contributed by atoms with van der Waals surface area (Å²) in [4.78, 5) is 0. The summed E-state index contributed by atoms with van der Waals surface area (Å²) in [5.41, 5.74) is 3.59. The maximum atomic E-state index is 5.85. The molecule has 0 heterocycles. The number of rotatable bonds is 3. The summed E-state index contributed by atoms with van der Waals surface area (Å²) in [5, 5.41) is 0.767. The molecule has 0 atom stereocenters. The van der Waals surface area contributed by atoms with Crippen molar-refractivity contribution in [3.8, 4) is 0 Å². The lowest BCUT2D eigenvalue weighted by Crippen LogP contribution is -1.74. The van der Waals surface area contributed by atoms with Gasteiger partial charge in [0.2, 0.25) is 0 Å². The smallest absolute Gasteiger partial charge is 0.0406 e. The summed E-state index contributed by atoms with van der Waals surface area (Å²) in [7, 11) is 0. The molecule has 0 spiro atoms. The van der Waals surface area contributed by atoms with E-state index in [1.54, 1.807) is 0 Å². The highest BCUT2D eigenvalue weighted by molar-refractivity contribution is 6.30. The highest BCUT2D eigenvalue weighted by Gasteiger charge is 1.89. The van der Waals surface area contributed by atoms with Gasteiger partial charge in [0.1, 0.15) is 0 Å². The van der Waals surface area contributed by atoms with E-state index >= 15 is 0 Å². The Morgan fingerprint density at radius 2 is 1.56 bits per heavy atom. The maximum absolute atomic E-state index is 5.85. The molecule has 0 nitrogen and oxygen atoms in total. The van der Waals surface area contributed by atoms with Crippen LogP contribution in [0.4, 0.5) is 0 Å². The Morgan fingerprint density at radius 1 is 0.889 bits per heavy atom. The van der Waals surface area contributed by atoms with E-state index in [2.05, 4.69) is 37.3 Å². The summed E-state index contributed by atoms with van der Waals surface area (Å²) in [6.07, 6.45) is 6.35. The fourth-order valence-electron chi connectivity index (χ4n) is 1.66. The number of benzene rings is 2. The van der Waals surface area contributed by atoms with Gasteiger partial charge in [0.05, 0.1) is 0 Å². The van der Waals surface area contributed by atoms with E-state index in [0.717, 1.165) is 10.6 Å². The zero-order valence-electron chi connectivity index (χ0n) is 10.3. The van der Waals surface area contributed by atoms with Crippen molar-refractivity contribution in [3.05, 3.63) is 82.4 Å². The van der Waals surface area contributed by atoms with Gasteiger partial charge in [-0.15, -0.1) is 0 Å². The molecule has 0 aliphatic rings. The number of hydrogen-bond donors (Lipinski definition) is 0. The summed E-state index contributed by atoms with van der Waals surface area (Å²) < 4.78 is 0. The average Bonchev–Trinajstić information content (AvgIpc) is 2.39. The van der Waals surface area contributed by atoms with Gasteiger partial charge in [-0.2, -0.15) is 0 Å². The van der Waals surface area contributed by atoms with E-state index in [4.69, 9.17) is 11.6 Å². The Hall–Kier alpha value is -1.79. The minimum absolute atomic E-state index is 0.767. The molecule has 0 aliphatic heterocycles. The van der Waals surface area contributed by atoms with Crippen LogP contribution in [-0.4, -0.2) is 0 Å². The van der Waals surface area contributed by atoms with Crippen LogP contribution in [0.25, 0.3) is 12.2 Å². The van der Waals surface area contributed by atoms with Crippen molar-refractivity contribution in [2.24, 2.45) is 0 Å². The number of allylic oxidation sites excluding steroid dienone is 2. The first kappa shape index (κ1) is 12.7. The highest BCUT2D eigenvalue weighted by Crippen LogP contribution is 2.13. The highest BCUT2D eigenvalue weighted by atomic mass is 35.5. The van der Waals surface area contributed by atoms with Gasteiger partial charge >= 0.3 is 0 Å². The lowest BCUT2D eigenvalue weighted by Gasteiger charge is -1.96. The molecular formula is C17H15Cl. The molecule has 0 saturated heterocycles.